The molecule has 1 aromatic heterocycles. The number of carboxylic acid groups (broad SMARTS) is 1. The molecule has 15 nitrogen and oxygen atoms in total. The summed E-state index contributed by atoms with van der Waals surface area (Å²) in [7, 11) is -1.90. The molecule has 5 amide bonds. The molecule has 268 valence electrons. The van der Waals surface area contributed by atoms with Gasteiger partial charge in [-0.2, -0.15) is 0 Å². The van der Waals surface area contributed by atoms with Crippen molar-refractivity contribution < 1.29 is 53.0 Å². The van der Waals surface area contributed by atoms with Gasteiger partial charge < -0.3 is 40.5 Å². The molecule has 2 aromatic carbocycles. The standard InChI is InChI=1S/C32H32BClF2N6O9/c34-24-19(13-21(36)26(43)27(24)44)25(29(45)38-22-12-17-3-4-20(35)23(30(46)47)28(17)51-33(22)50)39-31(48)42-11-10-41(32(42)49)18-5-8-40(9-6-18)15-16-2-1-7-37-14-16/h1-4,7,13-14,18,22,25,43-44,50H,5-6,8-12,15H2,(H,38,45)(H,39,48)(H,46,47). The van der Waals surface area contributed by atoms with E-state index in [0.29, 0.717) is 38.5 Å². The summed E-state index contributed by atoms with van der Waals surface area (Å²) in [6.07, 6.45) is 4.55. The molecule has 4 heterocycles. The number of imide groups is 1. The van der Waals surface area contributed by atoms with E-state index in [1.54, 1.807) is 17.3 Å². The van der Waals surface area contributed by atoms with Crippen LogP contribution in [-0.2, 0) is 17.8 Å². The Morgan fingerprint density at radius 3 is 2.51 bits per heavy atom. The molecule has 0 spiro atoms. The topological polar surface area (TPSA) is 205 Å². The molecule has 51 heavy (non-hydrogen) atoms. The Kier molecular flexibility index (Phi) is 10.2. The third-order valence-electron chi connectivity index (χ3n) is 9.20. The minimum atomic E-state index is -1.90. The van der Waals surface area contributed by atoms with Gasteiger partial charge in [0, 0.05) is 56.7 Å². The minimum absolute atomic E-state index is 0.0355. The van der Waals surface area contributed by atoms with E-state index in [9.17, 15) is 48.3 Å². The number of phenolic OH excluding ortho intramolecular Hbond substituents is 2. The molecule has 3 aliphatic heterocycles. The Morgan fingerprint density at radius 2 is 1.82 bits per heavy atom. The van der Waals surface area contributed by atoms with Crippen LogP contribution in [-0.4, -0.2) is 109 Å². The molecule has 6 rings (SSSR count). The molecule has 2 saturated heterocycles. The number of halogens is 3. The number of aromatic carboxylic acids is 1. The van der Waals surface area contributed by atoms with Crippen LogP contribution in [0.25, 0.3) is 0 Å². The fourth-order valence-electron chi connectivity index (χ4n) is 6.56. The van der Waals surface area contributed by atoms with Gasteiger partial charge in [-0.15, -0.1) is 0 Å². The highest BCUT2D eigenvalue weighted by Gasteiger charge is 2.43. The summed E-state index contributed by atoms with van der Waals surface area (Å²) in [4.78, 5) is 61.3. The molecule has 0 aliphatic carbocycles. The number of urea groups is 2. The predicted octanol–water partition coefficient (Wildman–Crippen LogP) is 2.42. The van der Waals surface area contributed by atoms with Gasteiger partial charge in [-0.25, -0.2) is 28.1 Å². The normalized spacial score (nSPS) is 18.6. The number of aromatic nitrogens is 1. The zero-order valence-corrected chi connectivity index (χ0v) is 27.5. The molecular weight excluding hydrogens is 697 g/mol. The molecule has 2 atom stereocenters. The minimum Gasteiger partial charge on any atom is -0.534 e. The number of carbonyl (C=O) groups is 4. The zero-order valence-electron chi connectivity index (χ0n) is 26.8. The maximum Gasteiger partial charge on any atom is 0.547 e. The number of pyridine rings is 1. The Labute approximate surface area is 294 Å². The number of nitrogens with zero attached hydrogens (tertiary/aromatic N) is 4. The van der Waals surface area contributed by atoms with Crippen LogP contribution in [0.2, 0.25) is 5.02 Å². The molecule has 3 aliphatic rings. The van der Waals surface area contributed by atoms with Crippen LogP contribution < -0.4 is 15.3 Å². The van der Waals surface area contributed by atoms with Crippen molar-refractivity contribution in [1.82, 2.24) is 30.3 Å². The van der Waals surface area contributed by atoms with Gasteiger partial charge in [0.15, 0.2) is 17.3 Å². The Bertz CT molecular complexity index is 1870. The summed E-state index contributed by atoms with van der Waals surface area (Å²) in [5, 5.41) is 44.3. The number of hydrogen-bond donors (Lipinski definition) is 6. The maximum absolute atomic E-state index is 14.6. The lowest BCUT2D eigenvalue weighted by Crippen LogP contribution is -2.56. The molecule has 0 saturated carbocycles. The van der Waals surface area contributed by atoms with Gasteiger partial charge in [-0.3, -0.25) is 14.7 Å². The number of benzene rings is 2. The molecular formula is C32H32BClF2N6O9. The summed E-state index contributed by atoms with van der Waals surface area (Å²) in [6, 6.07) is 2.84. The number of piperidine rings is 1. The van der Waals surface area contributed by atoms with Crippen LogP contribution >= 0.6 is 11.6 Å². The van der Waals surface area contributed by atoms with Crippen LogP contribution in [0.1, 0.15) is 45.9 Å². The lowest BCUT2D eigenvalue weighted by molar-refractivity contribution is -0.123. The summed E-state index contributed by atoms with van der Waals surface area (Å²) in [5.74, 6) is -9.31. The van der Waals surface area contributed by atoms with Gasteiger partial charge in [0.2, 0.25) is 5.91 Å². The zero-order chi connectivity index (χ0) is 36.6. The van der Waals surface area contributed by atoms with Gasteiger partial charge in [-0.05, 0) is 48.6 Å². The Hall–Kier alpha value is -5.20. The van der Waals surface area contributed by atoms with E-state index in [0.717, 1.165) is 16.5 Å². The average molecular weight is 729 g/mol. The number of amides is 5. The second kappa shape index (κ2) is 14.6. The maximum atomic E-state index is 14.6. The fourth-order valence-corrected chi connectivity index (χ4v) is 6.82. The van der Waals surface area contributed by atoms with Crippen molar-refractivity contribution in [2.45, 2.75) is 43.8 Å². The number of carboxylic acids is 1. The Morgan fingerprint density at radius 1 is 1.08 bits per heavy atom. The third-order valence-corrected chi connectivity index (χ3v) is 9.60. The quantitative estimate of drug-likeness (QED) is 0.147. The van der Waals surface area contributed by atoms with Crippen LogP contribution in [0.4, 0.5) is 18.4 Å². The number of likely N-dealkylation sites (tertiary alicyclic amines) is 1. The lowest BCUT2D eigenvalue weighted by atomic mass is 9.72. The number of aromatic hydroxyl groups is 2. The smallest absolute Gasteiger partial charge is 0.534 e. The van der Waals surface area contributed by atoms with Crippen molar-refractivity contribution in [3.05, 3.63) is 81.6 Å². The largest absolute Gasteiger partial charge is 0.547 e. The van der Waals surface area contributed by atoms with E-state index in [4.69, 9.17) is 16.3 Å². The van der Waals surface area contributed by atoms with Crippen LogP contribution in [0, 0.1) is 11.6 Å². The Balaban J connectivity index is 1.17. The highest BCUT2D eigenvalue weighted by Crippen LogP contribution is 2.41. The highest BCUT2D eigenvalue weighted by atomic mass is 35.5. The van der Waals surface area contributed by atoms with Crippen molar-refractivity contribution in [1.29, 1.82) is 0 Å². The van der Waals surface area contributed by atoms with Crippen LogP contribution in [0.15, 0.2) is 42.7 Å². The highest BCUT2D eigenvalue weighted by molar-refractivity contribution is 6.47. The van der Waals surface area contributed by atoms with Crippen molar-refractivity contribution in [3.63, 3.8) is 0 Å². The number of hydrogen-bond acceptors (Lipinski definition) is 10. The monoisotopic (exact) mass is 728 g/mol. The van der Waals surface area contributed by atoms with E-state index < -0.39 is 88.1 Å². The van der Waals surface area contributed by atoms with E-state index in [-0.39, 0.29) is 31.1 Å². The van der Waals surface area contributed by atoms with Gasteiger partial charge >= 0.3 is 25.1 Å². The second-order valence-electron chi connectivity index (χ2n) is 12.4. The second-order valence-corrected chi connectivity index (χ2v) is 12.8. The molecule has 2 fully saturated rings. The fraction of sp³-hybridized carbons (Fsp3) is 0.344. The van der Waals surface area contributed by atoms with E-state index in [1.807, 2.05) is 12.1 Å². The molecule has 3 aromatic rings. The summed E-state index contributed by atoms with van der Waals surface area (Å²) in [5.41, 5.74) is -0.124. The summed E-state index contributed by atoms with van der Waals surface area (Å²) in [6.45, 7) is 2.31. The molecule has 0 radical (unpaired) electrons. The number of nitrogens with one attached hydrogen (secondary N) is 2. The van der Waals surface area contributed by atoms with Gasteiger partial charge in [0.1, 0.15) is 23.2 Å². The van der Waals surface area contributed by atoms with Crippen molar-refractivity contribution in [2.75, 3.05) is 26.2 Å². The van der Waals surface area contributed by atoms with E-state index in [1.165, 1.54) is 6.07 Å². The van der Waals surface area contributed by atoms with Gasteiger partial charge in [-0.1, -0.05) is 23.7 Å². The summed E-state index contributed by atoms with van der Waals surface area (Å²) >= 11 is 6.20. The first-order valence-corrected chi connectivity index (χ1v) is 16.3. The van der Waals surface area contributed by atoms with Crippen molar-refractivity contribution in [3.8, 4) is 17.2 Å². The molecule has 2 unspecified atom stereocenters. The predicted molar refractivity (Wildman–Crippen MR) is 175 cm³/mol. The first kappa shape index (κ1) is 35.6. The van der Waals surface area contributed by atoms with Gasteiger partial charge in [0.05, 0.1) is 11.0 Å². The van der Waals surface area contributed by atoms with Crippen LogP contribution in [0.5, 0.6) is 17.2 Å². The number of fused-ring (bicyclic) bond motifs is 1. The first-order chi connectivity index (χ1) is 24.3. The SMILES string of the molecule is O=C(O)c1c(F)ccc2c1OB(O)C(NC(=O)C(NC(=O)N1CCN(C3CCN(Cc4cccnc4)CC3)C1=O)c1cc(F)c(O)c(O)c1Cl)C2. The molecule has 6 N–H and O–H groups in total. The number of phenols is 2. The first-order valence-electron chi connectivity index (χ1n) is 15.9. The van der Waals surface area contributed by atoms with Crippen molar-refractivity contribution >= 4 is 42.7 Å². The summed E-state index contributed by atoms with van der Waals surface area (Å²) < 4.78 is 34.1. The van der Waals surface area contributed by atoms with Crippen LogP contribution in [0.3, 0.4) is 0 Å². The lowest BCUT2D eigenvalue weighted by Gasteiger charge is -2.36. The third kappa shape index (κ3) is 7.20. The average Bonchev–Trinajstić information content (AvgIpc) is 3.50. The van der Waals surface area contributed by atoms with E-state index >= 15 is 0 Å². The molecule has 0 bridgehead atoms. The molecule has 19 heteroatoms. The van der Waals surface area contributed by atoms with E-state index in [2.05, 4.69) is 20.5 Å². The number of carbonyl (C=O) groups excluding carboxylic acids is 3. The van der Waals surface area contributed by atoms with Crippen molar-refractivity contribution in [2.24, 2.45) is 0 Å². The van der Waals surface area contributed by atoms with Gasteiger partial charge in [0.25, 0.3) is 0 Å². The number of rotatable bonds is 8.